The molecule has 8 bridgehead atoms. The molecule has 0 spiro atoms. The number of fused-ring (bicyclic) bond motifs is 8. The minimum atomic E-state index is -0.269. The van der Waals surface area contributed by atoms with Crippen LogP contribution in [-0.2, 0) is 79.8 Å². The number of phenols is 2. The van der Waals surface area contributed by atoms with Crippen molar-refractivity contribution in [1.82, 2.24) is 11.0 Å². The summed E-state index contributed by atoms with van der Waals surface area (Å²) in [6, 6.07) is 36.7. The van der Waals surface area contributed by atoms with Crippen LogP contribution in [0.15, 0.2) is 109 Å². The van der Waals surface area contributed by atoms with E-state index in [9.17, 15) is 19.8 Å². The van der Waals surface area contributed by atoms with Gasteiger partial charge in [0, 0.05) is 38.5 Å². The van der Waals surface area contributed by atoms with Crippen LogP contribution in [-0.4, -0.2) is 35.2 Å². The molecule has 0 saturated carbocycles. The molecule has 2 amide bonds. The molecule has 6 aromatic rings. The van der Waals surface area contributed by atoms with E-state index in [0.717, 1.165) is 77.9 Å². The summed E-state index contributed by atoms with van der Waals surface area (Å²) in [7, 11) is 0. The van der Waals surface area contributed by atoms with Gasteiger partial charge in [-0.3, -0.25) is 19.3 Å². The van der Waals surface area contributed by atoms with Crippen LogP contribution in [0.4, 0.5) is 0 Å². The Bertz CT molecular complexity index is 2670. The van der Waals surface area contributed by atoms with Gasteiger partial charge < -0.3 is 19.7 Å². The van der Waals surface area contributed by atoms with Gasteiger partial charge in [0.05, 0.1) is 26.4 Å². The first-order valence-electron chi connectivity index (χ1n) is 27.0. The van der Waals surface area contributed by atoms with Gasteiger partial charge in [0.15, 0.2) is 0 Å². The lowest BCUT2D eigenvalue weighted by atomic mass is 9.79. The van der Waals surface area contributed by atoms with Crippen molar-refractivity contribution < 1.29 is 39.0 Å². The van der Waals surface area contributed by atoms with Crippen molar-refractivity contribution in [2.75, 3.05) is 13.2 Å². The van der Waals surface area contributed by atoms with Crippen molar-refractivity contribution in [1.29, 1.82) is 0 Å². The molecule has 0 aliphatic heterocycles. The first-order chi connectivity index (χ1) is 35.8. The van der Waals surface area contributed by atoms with Crippen LogP contribution >= 0.6 is 0 Å². The van der Waals surface area contributed by atoms with Crippen LogP contribution < -0.4 is 20.4 Å². The third-order valence-electron chi connectivity index (χ3n) is 14.1. The number of carbonyl (C=O) groups excluding carboxylic acids is 2. The molecule has 6 aromatic carbocycles. The van der Waals surface area contributed by atoms with E-state index in [2.05, 4.69) is 143 Å². The van der Waals surface area contributed by atoms with Crippen LogP contribution in [0.25, 0.3) is 0 Å². The van der Waals surface area contributed by atoms with E-state index >= 15 is 0 Å². The molecule has 76 heavy (non-hydrogen) atoms. The first-order valence-corrected chi connectivity index (χ1v) is 27.0. The van der Waals surface area contributed by atoms with Crippen molar-refractivity contribution >= 4 is 11.8 Å². The summed E-state index contributed by atoms with van der Waals surface area (Å²) in [4.78, 5) is 37.1. The van der Waals surface area contributed by atoms with E-state index in [1.165, 1.54) is 0 Å². The van der Waals surface area contributed by atoms with Crippen molar-refractivity contribution in [3.63, 3.8) is 0 Å². The summed E-state index contributed by atoms with van der Waals surface area (Å²) in [5.41, 5.74) is 17.1. The summed E-state index contributed by atoms with van der Waals surface area (Å²) in [5, 5.41) is 25.4. The van der Waals surface area contributed by atoms with E-state index in [1.54, 1.807) is 0 Å². The van der Waals surface area contributed by atoms with Crippen molar-refractivity contribution in [2.24, 2.45) is 0 Å². The molecule has 0 unspecified atom stereocenters. The Balaban J connectivity index is 1.32. The van der Waals surface area contributed by atoms with Gasteiger partial charge in [-0.05, 0) is 112 Å². The number of hydrogen-bond donors (Lipinski definition) is 4. The number of ether oxygens (including phenoxy) is 2. The number of rotatable bonds is 16. The Morgan fingerprint density at radius 2 is 0.684 bits per heavy atom. The van der Waals surface area contributed by atoms with Crippen LogP contribution in [0.3, 0.4) is 0 Å². The number of hydroxylamine groups is 2. The van der Waals surface area contributed by atoms with Crippen molar-refractivity contribution in [3.8, 4) is 23.0 Å². The number of benzene rings is 6. The van der Waals surface area contributed by atoms with Gasteiger partial charge >= 0.3 is 0 Å². The molecular weight excluding hydrogens is 949 g/mol. The lowest BCUT2D eigenvalue weighted by molar-refractivity contribution is -0.135. The van der Waals surface area contributed by atoms with E-state index in [1.807, 2.05) is 60.7 Å². The van der Waals surface area contributed by atoms with E-state index in [-0.39, 0.29) is 84.2 Å². The number of phenolic OH excluding ortho intramolecular Hbond substituents is 2. The van der Waals surface area contributed by atoms with Gasteiger partial charge in [-0.1, -0.05) is 192 Å². The highest BCUT2D eigenvalue weighted by molar-refractivity contribution is 5.75. The first kappa shape index (κ1) is 57.1. The second-order valence-corrected chi connectivity index (χ2v) is 24.7. The molecule has 0 saturated heterocycles. The minimum Gasteiger partial charge on any atom is -0.507 e. The molecular formula is C66H82N2O8. The Morgan fingerprint density at radius 3 is 0.947 bits per heavy atom. The molecule has 0 atom stereocenters. The minimum absolute atomic E-state index is 0.192. The molecule has 4 N–H and O–H groups in total. The lowest BCUT2D eigenvalue weighted by Crippen LogP contribution is -2.23. The highest BCUT2D eigenvalue weighted by Gasteiger charge is 2.29. The van der Waals surface area contributed by atoms with Gasteiger partial charge in [0.25, 0.3) is 0 Å². The van der Waals surface area contributed by atoms with Gasteiger partial charge in [-0.2, -0.15) is 0 Å². The highest BCUT2D eigenvalue weighted by Crippen LogP contribution is 2.44. The van der Waals surface area contributed by atoms with E-state index < -0.39 is 0 Å². The Morgan fingerprint density at radius 1 is 0.421 bits per heavy atom. The smallest absolute Gasteiger partial charge is 0.243 e. The normalized spacial score (nSPS) is 13.0. The molecule has 0 aromatic heterocycles. The largest absolute Gasteiger partial charge is 0.507 e. The summed E-state index contributed by atoms with van der Waals surface area (Å²) in [6.45, 7) is 27.3. The second-order valence-electron chi connectivity index (χ2n) is 24.7. The molecule has 10 nitrogen and oxygen atoms in total. The molecule has 1 aliphatic carbocycles. The van der Waals surface area contributed by atoms with Gasteiger partial charge in [-0.25, -0.2) is 11.0 Å². The molecule has 0 radical (unpaired) electrons. The molecule has 0 fully saturated rings. The summed E-state index contributed by atoms with van der Waals surface area (Å²) >= 11 is 0. The van der Waals surface area contributed by atoms with Crippen LogP contribution in [0.2, 0.25) is 0 Å². The maximum Gasteiger partial charge on any atom is 0.243 e. The van der Waals surface area contributed by atoms with E-state index in [4.69, 9.17) is 19.1 Å². The predicted octanol–water partition coefficient (Wildman–Crippen LogP) is 13.8. The Labute approximate surface area is 452 Å². The fraction of sp³-hybridized carbons (Fsp3) is 0.424. The maximum atomic E-state index is 13.0. The van der Waals surface area contributed by atoms with E-state index in [0.29, 0.717) is 50.0 Å². The zero-order chi connectivity index (χ0) is 55.0. The zero-order valence-electron chi connectivity index (χ0n) is 47.2. The molecule has 404 valence electrons. The SMILES string of the molecule is CC(C)(C)c1cc2c(O)c(c1)Cc1cc(C(C)(C)C)cc(c1OCCCC(=O)NOCc1ccccc1)Cc1cc(C(C)(C)C)cc(c1O)Cc1cc(C(C)(C)C)cc(c1OCCCC(=O)NOCc1ccccc1)C2. The average Bonchev–Trinajstić information content (AvgIpc) is 3.34. The fourth-order valence-electron chi connectivity index (χ4n) is 9.48. The summed E-state index contributed by atoms with van der Waals surface area (Å²) in [6.07, 6.45) is 2.67. The topological polar surface area (TPSA) is 136 Å². The fourth-order valence-corrected chi connectivity index (χ4v) is 9.48. The second kappa shape index (κ2) is 24.2. The quantitative estimate of drug-likeness (QED) is 0.0555. The Kier molecular flexibility index (Phi) is 18.1. The van der Waals surface area contributed by atoms with Gasteiger partial charge in [0.2, 0.25) is 11.8 Å². The van der Waals surface area contributed by atoms with Crippen LogP contribution in [0, 0.1) is 0 Å². The maximum absolute atomic E-state index is 13.0. The third kappa shape index (κ3) is 15.3. The number of nitrogens with one attached hydrogen (secondary N) is 2. The predicted molar refractivity (Wildman–Crippen MR) is 303 cm³/mol. The molecule has 10 heteroatoms. The van der Waals surface area contributed by atoms with Crippen molar-refractivity contribution in [3.05, 3.63) is 187 Å². The molecule has 0 heterocycles. The monoisotopic (exact) mass is 1030 g/mol. The summed E-state index contributed by atoms with van der Waals surface area (Å²) < 4.78 is 13.8. The highest BCUT2D eigenvalue weighted by atomic mass is 16.7. The van der Waals surface area contributed by atoms with Crippen LogP contribution in [0.5, 0.6) is 23.0 Å². The zero-order valence-corrected chi connectivity index (χ0v) is 47.2. The number of aromatic hydroxyl groups is 2. The average molecular weight is 1030 g/mol. The summed E-state index contributed by atoms with van der Waals surface area (Å²) in [5.74, 6) is 1.30. The lowest BCUT2D eigenvalue weighted by Gasteiger charge is -2.28. The van der Waals surface area contributed by atoms with Crippen molar-refractivity contribution in [2.45, 2.75) is 169 Å². The Hall–Kier alpha value is -6.62. The molecule has 1 aliphatic rings. The number of hydrogen-bond acceptors (Lipinski definition) is 8. The molecule has 7 rings (SSSR count). The van der Waals surface area contributed by atoms with Crippen LogP contribution in [0.1, 0.15) is 187 Å². The van der Waals surface area contributed by atoms with Gasteiger partial charge in [-0.15, -0.1) is 0 Å². The standard InChI is InChI=1S/C66H82N2O8/c1-63(2,3)53-33-45-29-49-37-55(65(7,8)9)39-51(61(49)73-27-19-25-57(69)67-75-41-43-21-15-13-16-22-43)31-47-35-54(64(4,5)6)36-48(60(47)72)32-52-40-56(66(10,11)12)38-50(30-46(34-53)59(45)71)62(52)74-28-20-26-58(70)68-76-42-44-23-17-14-18-24-44/h13-18,21-24,33-40,71-72H,19-20,25-32,41-42H2,1-12H3,(H,67,69)(H,68,70). The van der Waals surface area contributed by atoms with Gasteiger partial charge in [0.1, 0.15) is 23.0 Å². The third-order valence-corrected chi connectivity index (χ3v) is 14.1. The number of carbonyl (C=O) groups is 2. The number of amides is 2.